The van der Waals surface area contributed by atoms with Crippen molar-refractivity contribution in [1.82, 2.24) is 10.2 Å². The SMILES string of the molecule is CN(CC1CC(O)C1)C(=O)N[C@H](CO)C(=O)O. The molecule has 0 aromatic carbocycles. The maximum atomic E-state index is 11.6. The molecule has 98 valence electrons. The van der Waals surface area contributed by atoms with E-state index in [2.05, 4.69) is 5.32 Å². The molecule has 7 heteroatoms. The number of carboxylic acids is 1. The van der Waals surface area contributed by atoms with Gasteiger partial charge in [0.2, 0.25) is 0 Å². The van der Waals surface area contributed by atoms with E-state index in [1.54, 1.807) is 7.05 Å². The predicted octanol–water partition coefficient (Wildman–Crippen LogP) is -1.16. The minimum atomic E-state index is -1.28. The molecule has 0 spiro atoms. The highest BCUT2D eigenvalue weighted by Gasteiger charge is 2.29. The van der Waals surface area contributed by atoms with E-state index in [4.69, 9.17) is 15.3 Å². The van der Waals surface area contributed by atoms with Crippen molar-refractivity contribution in [2.45, 2.75) is 25.0 Å². The molecule has 17 heavy (non-hydrogen) atoms. The van der Waals surface area contributed by atoms with Crippen molar-refractivity contribution in [2.75, 3.05) is 20.2 Å². The molecule has 0 unspecified atom stereocenters. The van der Waals surface area contributed by atoms with Crippen molar-refractivity contribution < 1.29 is 24.9 Å². The Morgan fingerprint density at radius 1 is 1.47 bits per heavy atom. The van der Waals surface area contributed by atoms with Crippen molar-refractivity contribution in [2.24, 2.45) is 5.92 Å². The van der Waals surface area contributed by atoms with Crippen LogP contribution < -0.4 is 5.32 Å². The highest BCUT2D eigenvalue weighted by atomic mass is 16.4. The van der Waals surface area contributed by atoms with E-state index in [0.717, 1.165) is 0 Å². The van der Waals surface area contributed by atoms with Gasteiger partial charge in [-0.25, -0.2) is 9.59 Å². The highest BCUT2D eigenvalue weighted by Crippen LogP contribution is 2.27. The third kappa shape index (κ3) is 3.86. The van der Waals surface area contributed by atoms with Gasteiger partial charge < -0.3 is 25.5 Å². The van der Waals surface area contributed by atoms with Crippen LogP contribution in [-0.2, 0) is 4.79 Å². The maximum absolute atomic E-state index is 11.6. The first-order valence-corrected chi connectivity index (χ1v) is 5.47. The summed E-state index contributed by atoms with van der Waals surface area (Å²) >= 11 is 0. The number of aliphatic hydroxyl groups is 2. The summed E-state index contributed by atoms with van der Waals surface area (Å²) < 4.78 is 0. The summed E-state index contributed by atoms with van der Waals surface area (Å²) in [4.78, 5) is 23.5. The number of hydrogen-bond donors (Lipinski definition) is 4. The first-order valence-electron chi connectivity index (χ1n) is 5.47. The summed E-state index contributed by atoms with van der Waals surface area (Å²) in [5.74, 6) is -1.01. The van der Waals surface area contributed by atoms with Crippen LogP contribution in [0.3, 0.4) is 0 Å². The van der Waals surface area contributed by atoms with Crippen LogP contribution in [-0.4, -0.2) is 64.6 Å². The zero-order valence-corrected chi connectivity index (χ0v) is 9.67. The lowest BCUT2D eigenvalue weighted by Gasteiger charge is -2.34. The normalized spacial score (nSPS) is 24.6. The molecule has 2 amide bonds. The first-order chi connectivity index (χ1) is 7.93. The van der Waals surface area contributed by atoms with Gasteiger partial charge in [-0.3, -0.25) is 0 Å². The number of aliphatic hydroxyl groups excluding tert-OH is 2. The molecule has 0 aromatic heterocycles. The molecule has 1 saturated carbocycles. The fraction of sp³-hybridized carbons (Fsp3) is 0.800. The number of carbonyl (C=O) groups is 2. The Kier molecular flexibility index (Phi) is 4.71. The number of amides is 2. The monoisotopic (exact) mass is 246 g/mol. The summed E-state index contributed by atoms with van der Waals surface area (Å²) in [6.07, 6.45) is 1.06. The molecule has 1 rings (SSSR count). The standard InChI is InChI=1S/C10H18N2O5/c1-12(4-6-2-7(14)3-6)10(17)11-8(5-13)9(15)16/h6-8,13-14H,2-5H2,1H3,(H,11,17)(H,15,16)/t6?,7?,8-/m1/s1. The quantitative estimate of drug-likeness (QED) is 0.489. The summed E-state index contributed by atoms with van der Waals surface area (Å²) in [5, 5.41) is 28.7. The lowest BCUT2D eigenvalue weighted by Crippen LogP contribution is -2.50. The molecule has 1 aliphatic carbocycles. The van der Waals surface area contributed by atoms with Gasteiger partial charge in [-0.15, -0.1) is 0 Å². The van der Waals surface area contributed by atoms with E-state index >= 15 is 0 Å². The van der Waals surface area contributed by atoms with Crippen LogP contribution in [0.25, 0.3) is 0 Å². The number of carboxylic acid groups (broad SMARTS) is 1. The predicted molar refractivity (Wildman–Crippen MR) is 58.4 cm³/mol. The van der Waals surface area contributed by atoms with E-state index in [0.29, 0.717) is 19.4 Å². The molecule has 1 aliphatic rings. The summed E-state index contributed by atoms with van der Waals surface area (Å²) in [7, 11) is 1.55. The van der Waals surface area contributed by atoms with Gasteiger partial charge in [0.1, 0.15) is 0 Å². The molecular weight excluding hydrogens is 228 g/mol. The van der Waals surface area contributed by atoms with Gasteiger partial charge in [0.25, 0.3) is 0 Å². The Bertz CT molecular complexity index is 290. The number of carbonyl (C=O) groups excluding carboxylic acids is 1. The van der Waals surface area contributed by atoms with Crippen LogP contribution in [0.4, 0.5) is 4.79 Å². The summed E-state index contributed by atoms with van der Waals surface area (Å²) in [6.45, 7) is -0.169. The second-order valence-corrected chi connectivity index (χ2v) is 4.39. The number of nitrogens with one attached hydrogen (secondary N) is 1. The van der Waals surface area contributed by atoms with Gasteiger partial charge in [0.15, 0.2) is 6.04 Å². The largest absolute Gasteiger partial charge is 0.480 e. The van der Waals surface area contributed by atoms with Crippen LogP contribution in [0, 0.1) is 5.92 Å². The van der Waals surface area contributed by atoms with Crippen LogP contribution in [0.1, 0.15) is 12.8 Å². The zero-order valence-electron chi connectivity index (χ0n) is 9.67. The van der Waals surface area contributed by atoms with Crippen LogP contribution in [0.5, 0.6) is 0 Å². The molecular formula is C10H18N2O5. The Hall–Kier alpha value is -1.34. The van der Waals surface area contributed by atoms with E-state index in [1.165, 1.54) is 4.90 Å². The number of hydrogen-bond acceptors (Lipinski definition) is 4. The molecule has 7 nitrogen and oxygen atoms in total. The van der Waals surface area contributed by atoms with Crippen molar-refractivity contribution in [3.63, 3.8) is 0 Å². The first kappa shape index (κ1) is 13.7. The molecule has 0 saturated heterocycles. The fourth-order valence-electron chi connectivity index (χ4n) is 1.76. The minimum Gasteiger partial charge on any atom is -0.480 e. The number of aliphatic carboxylic acids is 1. The molecule has 1 fully saturated rings. The van der Waals surface area contributed by atoms with Crippen molar-refractivity contribution >= 4 is 12.0 Å². The Labute approximate surface area is 99.0 Å². The van der Waals surface area contributed by atoms with Gasteiger partial charge >= 0.3 is 12.0 Å². The van der Waals surface area contributed by atoms with Crippen LogP contribution >= 0.6 is 0 Å². The number of nitrogens with zero attached hydrogens (tertiary/aromatic N) is 1. The van der Waals surface area contributed by atoms with Gasteiger partial charge in [-0.1, -0.05) is 0 Å². The van der Waals surface area contributed by atoms with Gasteiger partial charge in [-0.05, 0) is 18.8 Å². The smallest absolute Gasteiger partial charge is 0.328 e. The molecule has 0 radical (unpaired) electrons. The lowest BCUT2D eigenvalue weighted by molar-refractivity contribution is -0.140. The zero-order chi connectivity index (χ0) is 13.0. The highest BCUT2D eigenvalue weighted by molar-refractivity contribution is 5.82. The molecule has 0 aromatic rings. The Balaban J connectivity index is 2.33. The van der Waals surface area contributed by atoms with E-state index in [9.17, 15) is 9.59 Å². The Morgan fingerprint density at radius 2 is 2.06 bits per heavy atom. The van der Waals surface area contributed by atoms with E-state index < -0.39 is 24.6 Å². The van der Waals surface area contributed by atoms with Crippen molar-refractivity contribution in [3.8, 4) is 0 Å². The summed E-state index contributed by atoms with van der Waals surface area (Å²) in [5.41, 5.74) is 0. The van der Waals surface area contributed by atoms with Crippen molar-refractivity contribution in [3.05, 3.63) is 0 Å². The average Bonchev–Trinajstić information content (AvgIpc) is 2.22. The van der Waals surface area contributed by atoms with Gasteiger partial charge in [-0.2, -0.15) is 0 Å². The van der Waals surface area contributed by atoms with Crippen molar-refractivity contribution in [1.29, 1.82) is 0 Å². The molecule has 0 aliphatic heterocycles. The second kappa shape index (κ2) is 5.83. The van der Waals surface area contributed by atoms with Gasteiger partial charge in [0.05, 0.1) is 12.7 Å². The van der Waals surface area contributed by atoms with Gasteiger partial charge in [0, 0.05) is 13.6 Å². The maximum Gasteiger partial charge on any atom is 0.328 e. The number of urea groups is 1. The molecule has 0 heterocycles. The number of rotatable bonds is 5. The third-order valence-electron chi connectivity index (χ3n) is 2.87. The fourth-order valence-corrected chi connectivity index (χ4v) is 1.76. The minimum absolute atomic E-state index is 0.262. The Morgan fingerprint density at radius 3 is 2.47 bits per heavy atom. The molecule has 0 bridgehead atoms. The second-order valence-electron chi connectivity index (χ2n) is 4.39. The topological polar surface area (TPSA) is 110 Å². The summed E-state index contributed by atoms with van der Waals surface area (Å²) in [6, 6.07) is -1.82. The van der Waals surface area contributed by atoms with Crippen LogP contribution in [0.2, 0.25) is 0 Å². The average molecular weight is 246 g/mol. The van der Waals surface area contributed by atoms with E-state index in [-0.39, 0.29) is 12.0 Å². The van der Waals surface area contributed by atoms with Crippen LogP contribution in [0.15, 0.2) is 0 Å². The molecule has 1 atom stereocenters. The van der Waals surface area contributed by atoms with E-state index in [1.807, 2.05) is 0 Å². The molecule has 4 N–H and O–H groups in total. The lowest BCUT2D eigenvalue weighted by atomic mass is 9.82. The third-order valence-corrected chi connectivity index (χ3v) is 2.87.